The van der Waals surface area contributed by atoms with Crippen molar-refractivity contribution in [1.29, 1.82) is 5.26 Å². The number of nitrogens with zero attached hydrogens (tertiary/aromatic N) is 1. The Morgan fingerprint density at radius 3 is 2.72 bits per heavy atom. The van der Waals surface area contributed by atoms with Gasteiger partial charge in [-0.15, -0.1) is 0 Å². The number of hydrogen-bond donors (Lipinski definition) is 0. The molecule has 0 aliphatic heterocycles. The van der Waals surface area contributed by atoms with Gasteiger partial charge in [-0.25, -0.2) is 0 Å². The molecule has 18 heavy (non-hydrogen) atoms. The first-order chi connectivity index (χ1) is 8.46. The molecule has 1 aromatic rings. The molecule has 2 nitrogen and oxygen atoms in total. The molecular formula is C13H17Cl2NOSi. The highest BCUT2D eigenvalue weighted by atomic mass is 35.5. The zero-order valence-electron chi connectivity index (χ0n) is 10.7. The standard InChI is InChI=1S/C13H17Cl2NOSi/c1-18(2,9-4-3-8-16)17-10-11-6-5-7-12(14)13(11)15/h5-7H,3-4,9-10H2,1-2H3. The van der Waals surface area contributed by atoms with Crippen molar-refractivity contribution < 1.29 is 4.43 Å². The van der Waals surface area contributed by atoms with Gasteiger partial charge >= 0.3 is 0 Å². The summed E-state index contributed by atoms with van der Waals surface area (Å²) in [5.41, 5.74) is 0.921. The lowest BCUT2D eigenvalue weighted by molar-refractivity contribution is 0.294. The number of benzene rings is 1. The fourth-order valence-corrected chi connectivity index (χ4v) is 3.69. The van der Waals surface area contributed by atoms with Gasteiger partial charge in [-0.05, 0) is 37.2 Å². The van der Waals surface area contributed by atoms with Crippen LogP contribution >= 0.6 is 23.2 Å². The molecule has 98 valence electrons. The molecule has 0 spiro atoms. The normalized spacial score (nSPS) is 11.3. The van der Waals surface area contributed by atoms with E-state index >= 15 is 0 Å². The average molecular weight is 302 g/mol. The van der Waals surface area contributed by atoms with Gasteiger partial charge in [0.2, 0.25) is 0 Å². The molecule has 0 amide bonds. The Hall–Kier alpha value is -0.533. The summed E-state index contributed by atoms with van der Waals surface area (Å²) in [6.07, 6.45) is 1.50. The summed E-state index contributed by atoms with van der Waals surface area (Å²) in [5, 5.41) is 9.66. The molecule has 0 atom stereocenters. The summed E-state index contributed by atoms with van der Waals surface area (Å²) in [7, 11) is -1.72. The number of hydrogen-bond acceptors (Lipinski definition) is 2. The molecule has 0 radical (unpaired) electrons. The highest BCUT2D eigenvalue weighted by Gasteiger charge is 2.22. The van der Waals surface area contributed by atoms with Gasteiger partial charge in [-0.3, -0.25) is 0 Å². The Morgan fingerprint density at radius 2 is 2.06 bits per heavy atom. The molecule has 0 unspecified atom stereocenters. The van der Waals surface area contributed by atoms with E-state index in [0.29, 0.717) is 23.1 Å². The van der Waals surface area contributed by atoms with Crippen molar-refractivity contribution in [1.82, 2.24) is 0 Å². The first kappa shape index (κ1) is 15.5. The van der Waals surface area contributed by atoms with Crippen LogP contribution in [-0.4, -0.2) is 8.32 Å². The van der Waals surface area contributed by atoms with Crippen LogP contribution in [0.5, 0.6) is 0 Å². The second-order valence-corrected chi connectivity index (χ2v) is 9.87. The van der Waals surface area contributed by atoms with Crippen molar-refractivity contribution in [3.05, 3.63) is 33.8 Å². The van der Waals surface area contributed by atoms with E-state index in [1.807, 2.05) is 12.1 Å². The van der Waals surface area contributed by atoms with E-state index in [1.165, 1.54) is 0 Å². The van der Waals surface area contributed by atoms with E-state index in [1.54, 1.807) is 6.07 Å². The fourth-order valence-electron chi connectivity index (χ4n) is 1.60. The predicted octanol–water partition coefficient (Wildman–Crippen LogP) is 5.02. The Balaban J connectivity index is 2.54. The Bertz CT molecular complexity index is 443. The molecule has 0 saturated carbocycles. The maximum Gasteiger partial charge on any atom is 0.187 e. The van der Waals surface area contributed by atoms with E-state index < -0.39 is 8.32 Å². The lowest BCUT2D eigenvalue weighted by Gasteiger charge is -2.22. The first-order valence-corrected chi connectivity index (χ1v) is 9.77. The van der Waals surface area contributed by atoms with Crippen molar-refractivity contribution in [2.24, 2.45) is 0 Å². The predicted molar refractivity (Wildman–Crippen MR) is 78.4 cm³/mol. The minimum Gasteiger partial charge on any atom is -0.413 e. The van der Waals surface area contributed by atoms with Crippen LogP contribution < -0.4 is 0 Å². The van der Waals surface area contributed by atoms with Gasteiger partial charge in [-0.1, -0.05) is 35.3 Å². The molecule has 0 aliphatic carbocycles. The summed E-state index contributed by atoms with van der Waals surface area (Å²) >= 11 is 12.1. The lowest BCUT2D eigenvalue weighted by Crippen LogP contribution is -2.29. The summed E-state index contributed by atoms with van der Waals surface area (Å²) in [4.78, 5) is 0. The number of rotatable bonds is 6. The fraction of sp³-hybridized carbons (Fsp3) is 0.462. The van der Waals surface area contributed by atoms with Crippen molar-refractivity contribution in [3.63, 3.8) is 0 Å². The SMILES string of the molecule is C[Si](C)(CCCC#N)OCc1cccc(Cl)c1Cl. The van der Waals surface area contributed by atoms with Gasteiger partial charge in [0.05, 0.1) is 22.7 Å². The third-order valence-corrected chi connectivity index (χ3v) is 6.06. The minimum absolute atomic E-state index is 0.491. The molecule has 0 aliphatic rings. The highest BCUT2D eigenvalue weighted by molar-refractivity contribution is 6.71. The first-order valence-electron chi connectivity index (χ1n) is 5.90. The Morgan fingerprint density at radius 1 is 1.33 bits per heavy atom. The van der Waals surface area contributed by atoms with E-state index in [-0.39, 0.29) is 0 Å². The van der Waals surface area contributed by atoms with Crippen LogP contribution in [-0.2, 0) is 11.0 Å². The Kier molecular flexibility index (Phi) is 6.17. The van der Waals surface area contributed by atoms with Gasteiger partial charge < -0.3 is 4.43 Å². The van der Waals surface area contributed by atoms with Crippen LogP contribution in [0.3, 0.4) is 0 Å². The van der Waals surface area contributed by atoms with Crippen LogP contribution in [0.1, 0.15) is 18.4 Å². The number of unbranched alkanes of at least 4 members (excludes halogenated alkanes) is 1. The molecule has 0 N–H and O–H groups in total. The summed E-state index contributed by atoms with van der Waals surface area (Å²) in [5.74, 6) is 0. The van der Waals surface area contributed by atoms with Crippen molar-refractivity contribution >= 4 is 31.5 Å². The molecule has 0 aromatic heterocycles. The number of nitriles is 1. The van der Waals surface area contributed by atoms with Gasteiger partial charge in [0.15, 0.2) is 8.32 Å². The average Bonchev–Trinajstić information content (AvgIpc) is 2.31. The van der Waals surface area contributed by atoms with Gasteiger partial charge in [-0.2, -0.15) is 5.26 Å². The second-order valence-electron chi connectivity index (χ2n) is 4.77. The quantitative estimate of drug-likeness (QED) is 0.546. The second kappa shape index (κ2) is 7.15. The van der Waals surface area contributed by atoms with Gasteiger partial charge in [0.1, 0.15) is 0 Å². The smallest absolute Gasteiger partial charge is 0.187 e. The van der Waals surface area contributed by atoms with E-state index in [4.69, 9.17) is 32.9 Å². The maximum absolute atomic E-state index is 8.53. The molecule has 0 fully saturated rings. The van der Waals surface area contributed by atoms with E-state index in [0.717, 1.165) is 18.0 Å². The molecule has 0 bridgehead atoms. The largest absolute Gasteiger partial charge is 0.413 e. The molecule has 0 heterocycles. The maximum atomic E-state index is 8.53. The van der Waals surface area contributed by atoms with Crippen LogP contribution in [0.2, 0.25) is 29.2 Å². The van der Waals surface area contributed by atoms with Crippen LogP contribution in [0.4, 0.5) is 0 Å². The lowest BCUT2D eigenvalue weighted by atomic mass is 10.2. The molecule has 1 rings (SSSR count). The zero-order valence-corrected chi connectivity index (χ0v) is 13.2. The molecular weight excluding hydrogens is 285 g/mol. The summed E-state index contributed by atoms with van der Waals surface area (Å²) in [6, 6.07) is 8.71. The molecule has 0 saturated heterocycles. The summed E-state index contributed by atoms with van der Waals surface area (Å²) < 4.78 is 5.98. The summed E-state index contributed by atoms with van der Waals surface area (Å²) in [6.45, 7) is 4.80. The van der Waals surface area contributed by atoms with Crippen molar-refractivity contribution in [2.75, 3.05) is 0 Å². The van der Waals surface area contributed by atoms with Crippen LogP contribution in [0.15, 0.2) is 18.2 Å². The minimum atomic E-state index is -1.72. The Labute approximate surface area is 120 Å². The molecule has 5 heteroatoms. The van der Waals surface area contributed by atoms with Gasteiger partial charge in [0, 0.05) is 6.42 Å². The highest BCUT2D eigenvalue weighted by Crippen LogP contribution is 2.27. The molecule has 1 aromatic carbocycles. The third kappa shape index (κ3) is 4.99. The van der Waals surface area contributed by atoms with E-state index in [9.17, 15) is 0 Å². The van der Waals surface area contributed by atoms with Crippen LogP contribution in [0, 0.1) is 11.3 Å². The van der Waals surface area contributed by atoms with Gasteiger partial charge in [0.25, 0.3) is 0 Å². The topological polar surface area (TPSA) is 33.0 Å². The monoisotopic (exact) mass is 301 g/mol. The van der Waals surface area contributed by atoms with Crippen molar-refractivity contribution in [2.45, 2.75) is 38.6 Å². The van der Waals surface area contributed by atoms with Crippen LogP contribution in [0.25, 0.3) is 0 Å². The van der Waals surface area contributed by atoms with Crippen molar-refractivity contribution in [3.8, 4) is 6.07 Å². The number of halogens is 2. The van der Waals surface area contributed by atoms with E-state index in [2.05, 4.69) is 19.2 Å². The zero-order chi connectivity index (χ0) is 13.6. The third-order valence-electron chi connectivity index (χ3n) is 2.72.